The lowest BCUT2D eigenvalue weighted by atomic mass is 10.1. The predicted octanol–water partition coefficient (Wildman–Crippen LogP) is 10.6. The highest BCUT2D eigenvalue weighted by atomic mass is 79.9. The molecule has 2 aliphatic carbocycles. The third-order valence-electron chi connectivity index (χ3n) is 9.54. The standard InChI is InChI=1S/C22H21BrN6.C18H13Br2N5/c1-13(2)9-24-21-22-26-11-18(29(22)12-19(23)28-21)15-5-3-14(4-6-15)17-10-25-20(27-17)16-7-8-16;19-15-9-25-14(8-22-18(25)16(20)24-15)11-3-1-10(2-4-11)13-7-21-17(23-13)12-5-6-12/h3-6,10-12,16H,1,7-9H2,2H3,(H,24,28)(H,25,27);1-4,7-9,12H,5-6H2,(H,21,23). The lowest BCUT2D eigenvalue weighted by Crippen LogP contribution is -2.06. The Balaban J connectivity index is 0.000000144. The molecule has 0 aliphatic heterocycles. The fraction of sp³-hybridized carbons (Fsp3) is 0.200. The summed E-state index contributed by atoms with van der Waals surface area (Å²) in [6.07, 6.45) is 16.5. The van der Waals surface area contributed by atoms with Crippen LogP contribution in [0.1, 0.15) is 56.1 Å². The van der Waals surface area contributed by atoms with Crippen molar-refractivity contribution in [3.63, 3.8) is 0 Å². The molecule has 14 heteroatoms. The summed E-state index contributed by atoms with van der Waals surface area (Å²) in [5, 5.41) is 3.30. The Kier molecular flexibility index (Phi) is 9.27. The minimum Gasteiger partial charge on any atom is -0.363 e. The SMILES string of the molecule is Brc1cn2c(-c3ccc(-c4cnc(C5CC5)[nH]4)cc3)cnc2c(Br)n1.C=C(C)CNc1nc(Br)cn2c(-c3ccc(-c4cnc(C5CC5)[nH]4)cc3)cnc12. The molecule has 2 aromatic carbocycles. The zero-order chi connectivity index (χ0) is 36.9. The van der Waals surface area contributed by atoms with Gasteiger partial charge in [0.1, 0.15) is 20.9 Å². The van der Waals surface area contributed by atoms with Crippen LogP contribution >= 0.6 is 47.8 Å². The second kappa shape index (κ2) is 14.4. The highest BCUT2D eigenvalue weighted by Crippen LogP contribution is 2.40. The van der Waals surface area contributed by atoms with Crippen molar-refractivity contribution in [1.82, 2.24) is 48.7 Å². The van der Waals surface area contributed by atoms with Crippen molar-refractivity contribution in [3.8, 4) is 45.0 Å². The molecule has 0 radical (unpaired) electrons. The molecule has 0 atom stereocenters. The summed E-state index contributed by atoms with van der Waals surface area (Å²) in [6.45, 7) is 6.57. The van der Waals surface area contributed by atoms with E-state index >= 15 is 0 Å². The van der Waals surface area contributed by atoms with Gasteiger partial charge >= 0.3 is 0 Å². The van der Waals surface area contributed by atoms with E-state index < -0.39 is 0 Å². The zero-order valence-corrected chi connectivity index (χ0v) is 33.9. The molecule has 6 heterocycles. The average Bonchev–Trinajstić information content (AvgIpc) is 3.97. The lowest BCUT2D eigenvalue weighted by Gasteiger charge is -2.09. The number of fused-ring (bicyclic) bond motifs is 2. The molecule has 8 aromatic rings. The molecule has 0 unspecified atom stereocenters. The van der Waals surface area contributed by atoms with E-state index in [1.807, 2.05) is 52.9 Å². The third-order valence-corrected chi connectivity index (χ3v) is 10.8. The second-order valence-corrected chi connectivity index (χ2v) is 16.2. The van der Waals surface area contributed by atoms with Gasteiger partial charge in [0.2, 0.25) is 0 Å². The van der Waals surface area contributed by atoms with Crippen LogP contribution in [-0.4, -0.2) is 55.2 Å². The maximum Gasteiger partial charge on any atom is 0.180 e. The molecule has 54 heavy (non-hydrogen) atoms. The largest absolute Gasteiger partial charge is 0.363 e. The quantitative estimate of drug-likeness (QED) is 0.123. The molecule has 10 rings (SSSR count). The number of benzene rings is 2. The minimum atomic E-state index is 0.626. The molecule has 2 aliphatic rings. The number of hydrogen-bond acceptors (Lipinski definition) is 7. The predicted molar refractivity (Wildman–Crippen MR) is 222 cm³/mol. The number of nitrogens with one attached hydrogen (secondary N) is 3. The van der Waals surface area contributed by atoms with E-state index in [0.29, 0.717) is 18.4 Å². The van der Waals surface area contributed by atoms with Crippen molar-refractivity contribution < 1.29 is 0 Å². The van der Waals surface area contributed by atoms with Gasteiger partial charge in [-0.25, -0.2) is 29.9 Å². The summed E-state index contributed by atoms with van der Waals surface area (Å²) < 4.78 is 6.30. The Bertz CT molecular complexity index is 2640. The van der Waals surface area contributed by atoms with Crippen molar-refractivity contribution in [2.45, 2.75) is 44.4 Å². The van der Waals surface area contributed by atoms with Gasteiger partial charge in [-0.15, -0.1) is 0 Å². The molecule has 0 saturated heterocycles. The topological polar surface area (TPSA) is 130 Å². The van der Waals surface area contributed by atoms with E-state index in [2.05, 4.69) is 148 Å². The number of nitrogens with zero attached hydrogens (tertiary/aromatic N) is 8. The summed E-state index contributed by atoms with van der Waals surface area (Å²) >= 11 is 10.4. The fourth-order valence-electron chi connectivity index (χ4n) is 6.40. The van der Waals surface area contributed by atoms with Gasteiger partial charge in [0, 0.05) is 41.9 Å². The number of H-pyrrole nitrogens is 2. The second-order valence-electron chi connectivity index (χ2n) is 13.8. The maximum atomic E-state index is 4.60. The van der Waals surface area contributed by atoms with Crippen molar-refractivity contribution in [1.29, 1.82) is 0 Å². The Morgan fingerprint density at radius 3 is 1.63 bits per heavy atom. The first-order valence-corrected chi connectivity index (χ1v) is 20.1. The van der Waals surface area contributed by atoms with E-state index in [0.717, 1.165) is 93.2 Å². The summed E-state index contributed by atoms with van der Waals surface area (Å²) in [5.74, 6) is 4.22. The number of anilines is 1. The normalized spacial score (nSPS) is 14.0. The summed E-state index contributed by atoms with van der Waals surface area (Å²) in [4.78, 5) is 33.8. The Hall–Kier alpha value is -4.92. The summed E-state index contributed by atoms with van der Waals surface area (Å²) in [7, 11) is 0. The first kappa shape index (κ1) is 34.8. The molecular weight excluding hydrogens is 874 g/mol. The number of halogens is 3. The van der Waals surface area contributed by atoms with E-state index in [4.69, 9.17) is 0 Å². The highest BCUT2D eigenvalue weighted by Gasteiger charge is 2.27. The van der Waals surface area contributed by atoms with Gasteiger partial charge in [-0.2, -0.15) is 0 Å². The Morgan fingerprint density at radius 2 is 1.13 bits per heavy atom. The van der Waals surface area contributed by atoms with Gasteiger partial charge < -0.3 is 15.3 Å². The number of imidazole rings is 4. The van der Waals surface area contributed by atoms with Crippen LogP contribution in [0.4, 0.5) is 5.82 Å². The summed E-state index contributed by atoms with van der Waals surface area (Å²) in [5.41, 5.74) is 11.3. The van der Waals surface area contributed by atoms with Crippen LogP contribution in [0, 0.1) is 0 Å². The van der Waals surface area contributed by atoms with Gasteiger partial charge in [0.25, 0.3) is 0 Å². The molecule has 11 nitrogen and oxygen atoms in total. The van der Waals surface area contributed by atoms with E-state index in [1.54, 1.807) is 0 Å². The smallest absolute Gasteiger partial charge is 0.180 e. The van der Waals surface area contributed by atoms with Crippen LogP contribution in [0.2, 0.25) is 0 Å². The number of aromatic nitrogens is 10. The van der Waals surface area contributed by atoms with Crippen molar-refractivity contribution in [2.24, 2.45) is 0 Å². The first-order chi connectivity index (χ1) is 26.3. The first-order valence-electron chi connectivity index (χ1n) is 17.7. The lowest BCUT2D eigenvalue weighted by molar-refractivity contribution is 0.977. The number of rotatable bonds is 9. The van der Waals surface area contributed by atoms with Gasteiger partial charge in [0.05, 0.1) is 47.6 Å². The van der Waals surface area contributed by atoms with Crippen LogP contribution in [0.3, 0.4) is 0 Å². The van der Waals surface area contributed by atoms with Gasteiger partial charge in [0.15, 0.2) is 21.7 Å². The highest BCUT2D eigenvalue weighted by molar-refractivity contribution is 9.11. The molecule has 0 amide bonds. The Morgan fingerprint density at radius 1 is 0.667 bits per heavy atom. The number of aromatic amines is 2. The monoisotopic (exact) mass is 905 g/mol. The summed E-state index contributed by atoms with van der Waals surface area (Å²) in [6, 6.07) is 16.9. The molecule has 0 spiro atoms. The van der Waals surface area contributed by atoms with Crippen LogP contribution in [0.5, 0.6) is 0 Å². The minimum absolute atomic E-state index is 0.626. The average molecular weight is 909 g/mol. The molecular formula is C40H34Br3N11. The van der Waals surface area contributed by atoms with E-state index in [-0.39, 0.29) is 0 Å². The van der Waals surface area contributed by atoms with Crippen molar-refractivity contribution in [3.05, 3.63) is 123 Å². The zero-order valence-electron chi connectivity index (χ0n) is 29.2. The molecule has 6 aromatic heterocycles. The molecule has 2 fully saturated rings. The molecule has 2 saturated carbocycles. The van der Waals surface area contributed by atoms with Gasteiger partial charge in [-0.1, -0.05) is 60.7 Å². The van der Waals surface area contributed by atoms with Crippen LogP contribution < -0.4 is 5.32 Å². The van der Waals surface area contributed by atoms with Gasteiger partial charge in [-0.05, 0) is 91.5 Å². The van der Waals surface area contributed by atoms with E-state index in [1.165, 1.54) is 25.7 Å². The van der Waals surface area contributed by atoms with Crippen LogP contribution in [0.25, 0.3) is 56.3 Å². The van der Waals surface area contributed by atoms with E-state index in [9.17, 15) is 0 Å². The molecule has 270 valence electrons. The Labute approximate surface area is 336 Å². The van der Waals surface area contributed by atoms with Crippen LogP contribution in [-0.2, 0) is 0 Å². The van der Waals surface area contributed by atoms with Crippen LogP contribution in [0.15, 0.2) is 112 Å². The maximum absolute atomic E-state index is 4.60. The molecule has 0 bridgehead atoms. The fourth-order valence-corrected chi connectivity index (χ4v) is 7.89. The van der Waals surface area contributed by atoms with Crippen molar-refractivity contribution >= 4 is 64.9 Å². The molecule has 3 N–H and O–H groups in total. The van der Waals surface area contributed by atoms with Gasteiger partial charge in [-0.3, -0.25) is 8.80 Å². The third kappa shape index (κ3) is 7.17. The number of hydrogen-bond donors (Lipinski definition) is 3. The van der Waals surface area contributed by atoms with Crippen molar-refractivity contribution in [2.75, 3.05) is 11.9 Å².